The van der Waals surface area contributed by atoms with E-state index in [0.29, 0.717) is 6.42 Å². The molecule has 0 fully saturated rings. The molecule has 5 nitrogen and oxygen atoms in total. The van der Waals surface area contributed by atoms with Crippen LogP contribution < -0.4 is 5.73 Å². The van der Waals surface area contributed by atoms with Crippen molar-refractivity contribution < 1.29 is 9.90 Å². The molecule has 22 heavy (non-hydrogen) atoms. The van der Waals surface area contributed by atoms with Gasteiger partial charge in [-0.25, -0.2) is 0 Å². The van der Waals surface area contributed by atoms with Crippen LogP contribution in [0.2, 0.25) is 0 Å². The number of benzene rings is 1. The Balaban J connectivity index is 2.09. The molecule has 0 saturated carbocycles. The number of H-pyrrole nitrogens is 1. The van der Waals surface area contributed by atoms with E-state index in [2.05, 4.69) is 16.0 Å². The third-order valence-corrected chi connectivity index (χ3v) is 3.87. The molecular formula is C17H17N3O2. The van der Waals surface area contributed by atoms with Gasteiger partial charge < -0.3 is 15.8 Å². The van der Waals surface area contributed by atoms with Crippen molar-refractivity contribution in [1.29, 1.82) is 0 Å². The lowest BCUT2D eigenvalue weighted by atomic mass is 9.99. The van der Waals surface area contributed by atoms with Crippen LogP contribution >= 0.6 is 0 Å². The van der Waals surface area contributed by atoms with Crippen molar-refractivity contribution in [3.8, 4) is 11.1 Å². The Bertz CT molecular complexity index is 825. The third kappa shape index (κ3) is 2.58. The standard InChI is InChI=1S/C17H17N3O2/c1-10-13(9-15(18)17(21)22)14-8-12(2-3-16(14)20-10)11-4-6-19-7-5-11/h2-8,15,20H,9,18H2,1H3,(H,21,22). The molecule has 4 N–H and O–H groups in total. The first-order chi connectivity index (χ1) is 10.6. The largest absolute Gasteiger partial charge is 0.480 e. The topological polar surface area (TPSA) is 92.0 Å². The SMILES string of the molecule is Cc1[nH]c2ccc(-c3ccncc3)cc2c1CC(N)C(=O)O. The highest BCUT2D eigenvalue weighted by Gasteiger charge is 2.17. The molecule has 1 aromatic carbocycles. The molecule has 1 atom stereocenters. The number of hydrogen-bond acceptors (Lipinski definition) is 3. The zero-order valence-corrected chi connectivity index (χ0v) is 12.2. The molecule has 5 heteroatoms. The first-order valence-corrected chi connectivity index (χ1v) is 7.06. The fourth-order valence-electron chi connectivity index (χ4n) is 2.68. The summed E-state index contributed by atoms with van der Waals surface area (Å²) in [4.78, 5) is 18.3. The number of hydrogen-bond donors (Lipinski definition) is 3. The Morgan fingerprint density at radius 2 is 2.00 bits per heavy atom. The van der Waals surface area contributed by atoms with Gasteiger partial charge >= 0.3 is 5.97 Å². The molecule has 0 aliphatic heterocycles. The summed E-state index contributed by atoms with van der Waals surface area (Å²) in [5.74, 6) is -0.987. The van der Waals surface area contributed by atoms with Crippen molar-refractivity contribution in [3.63, 3.8) is 0 Å². The van der Waals surface area contributed by atoms with E-state index in [9.17, 15) is 4.79 Å². The maximum Gasteiger partial charge on any atom is 0.320 e. The highest BCUT2D eigenvalue weighted by molar-refractivity contribution is 5.89. The van der Waals surface area contributed by atoms with E-state index < -0.39 is 12.0 Å². The van der Waals surface area contributed by atoms with Crippen molar-refractivity contribution >= 4 is 16.9 Å². The van der Waals surface area contributed by atoms with Crippen LogP contribution in [0, 0.1) is 6.92 Å². The highest BCUT2D eigenvalue weighted by Crippen LogP contribution is 2.28. The average molecular weight is 295 g/mol. The number of fused-ring (bicyclic) bond motifs is 1. The molecule has 2 aromatic heterocycles. The second kappa shape index (κ2) is 5.61. The Morgan fingerprint density at radius 3 is 2.68 bits per heavy atom. The van der Waals surface area contributed by atoms with Crippen LogP contribution in [0.5, 0.6) is 0 Å². The number of aromatic amines is 1. The number of carboxylic acids is 1. The summed E-state index contributed by atoms with van der Waals surface area (Å²) in [6, 6.07) is 9.11. The van der Waals surface area contributed by atoms with Gasteiger partial charge in [-0.2, -0.15) is 0 Å². The predicted octanol–water partition coefficient (Wildman–Crippen LogP) is 2.49. The van der Waals surface area contributed by atoms with Gasteiger partial charge in [0, 0.05) is 35.4 Å². The van der Waals surface area contributed by atoms with E-state index in [1.807, 2.05) is 31.2 Å². The minimum atomic E-state index is -0.987. The van der Waals surface area contributed by atoms with Gasteiger partial charge in [-0.05, 0) is 47.9 Å². The average Bonchev–Trinajstić information content (AvgIpc) is 2.83. The van der Waals surface area contributed by atoms with Gasteiger partial charge in [-0.3, -0.25) is 9.78 Å². The number of carbonyl (C=O) groups is 1. The number of nitrogens with one attached hydrogen (secondary N) is 1. The van der Waals surface area contributed by atoms with Crippen LogP contribution in [-0.2, 0) is 11.2 Å². The number of aryl methyl sites for hydroxylation is 1. The summed E-state index contributed by atoms with van der Waals surface area (Å²) < 4.78 is 0. The number of aromatic nitrogens is 2. The summed E-state index contributed by atoms with van der Waals surface area (Å²) in [6.45, 7) is 1.94. The Hall–Kier alpha value is -2.66. The molecular weight excluding hydrogens is 278 g/mol. The highest BCUT2D eigenvalue weighted by atomic mass is 16.4. The first kappa shape index (κ1) is 14.3. The van der Waals surface area contributed by atoms with Gasteiger partial charge in [0.2, 0.25) is 0 Å². The summed E-state index contributed by atoms with van der Waals surface area (Å²) >= 11 is 0. The van der Waals surface area contributed by atoms with Crippen LogP contribution in [0.1, 0.15) is 11.3 Å². The number of carboxylic acid groups (broad SMARTS) is 1. The van der Waals surface area contributed by atoms with Crippen molar-refractivity contribution in [2.24, 2.45) is 5.73 Å². The van der Waals surface area contributed by atoms with Crippen LogP contribution in [0.3, 0.4) is 0 Å². The van der Waals surface area contributed by atoms with Gasteiger partial charge in [-0.15, -0.1) is 0 Å². The maximum absolute atomic E-state index is 11.0. The zero-order chi connectivity index (χ0) is 15.7. The van der Waals surface area contributed by atoms with Crippen molar-refractivity contribution in [2.45, 2.75) is 19.4 Å². The smallest absolute Gasteiger partial charge is 0.320 e. The predicted molar refractivity (Wildman–Crippen MR) is 85.6 cm³/mol. The monoisotopic (exact) mass is 295 g/mol. The van der Waals surface area contributed by atoms with E-state index in [-0.39, 0.29) is 0 Å². The summed E-state index contributed by atoms with van der Waals surface area (Å²) in [7, 11) is 0. The molecule has 0 bridgehead atoms. The number of rotatable bonds is 4. The number of aliphatic carboxylic acids is 1. The van der Waals surface area contributed by atoms with E-state index >= 15 is 0 Å². The molecule has 0 aliphatic rings. The third-order valence-electron chi connectivity index (χ3n) is 3.87. The molecule has 2 heterocycles. The van der Waals surface area contributed by atoms with Gasteiger partial charge in [0.1, 0.15) is 6.04 Å². The van der Waals surface area contributed by atoms with Gasteiger partial charge in [-0.1, -0.05) is 6.07 Å². The molecule has 0 aliphatic carbocycles. The Morgan fingerprint density at radius 1 is 1.27 bits per heavy atom. The maximum atomic E-state index is 11.0. The molecule has 0 amide bonds. The lowest BCUT2D eigenvalue weighted by Crippen LogP contribution is -2.32. The van der Waals surface area contributed by atoms with Crippen LogP contribution in [-0.4, -0.2) is 27.1 Å². The Labute approximate surface area is 127 Å². The first-order valence-electron chi connectivity index (χ1n) is 7.06. The molecule has 0 spiro atoms. The van der Waals surface area contributed by atoms with Crippen LogP contribution in [0.4, 0.5) is 0 Å². The second-order valence-corrected chi connectivity index (χ2v) is 5.37. The van der Waals surface area contributed by atoms with E-state index in [4.69, 9.17) is 10.8 Å². The number of nitrogens with zero attached hydrogens (tertiary/aromatic N) is 1. The van der Waals surface area contributed by atoms with Crippen LogP contribution in [0.15, 0.2) is 42.7 Å². The molecule has 0 radical (unpaired) electrons. The van der Waals surface area contributed by atoms with Gasteiger partial charge in [0.15, 0.2) is 0 Å². The summed E-state index contributed by atoms with van der Waals surface area (Å²) in [6.07, 6.45) is 3.81. The molecule has 0 saturated heterocycles. The molecule has 3 rings (SSSR count). The van der Waals surface area contributed by atoms with Gasteiger partial charge in [0.05, 0.1) is 0 Å². The molecule has 3 aromatic rings. The van der Waals surface area contributed by atoms with Gasteiger partial charge in [0.25, 0.3) is 0 Å². The van der Waals surface area contributed by atoms with Crippen molar-refractivity contribution in [1.82, 2.24) is 9.97 Å². The second-order valence-electron chi connectivity index (χ2n) is 5.37. The molecule has 1 unspecified atom stereocenters. The van der Waals surface area contributed by atoms with E-state index in [0.717, 1.165) is 33.3 Å². The van der Waals surface area contributed by atoms with E-state index in [1.54, 1.807) is 12.4 Å². The lowest BCUT2D eigenvalue weighted by Gasteiger charge is -2.07. The normalized spacial score (nSPS) is 12.5. The van der Waals surface area contributed by atoms with E-state index in [1.165, 1.54) is 0 Å². The van der Waals surface area contributed by atoms with Crippen molar-refractivity contribution in [2.75, 3.05) is 0 Å². The zero-order valence-electron chi connectivity index (χ0n) is 12.2. The van der Waals surface area contributed by atoms with Crippen molar-refractivity contribution in [3.05, 3.63) is 54.0 Å². The lowest BCUT2D eigenvalue weighted by molar-refractivity contribution is -0.138. The Kier molecular flexibility index (Phi) is 3.65. The summed E-state index contributed by atoms with van der Waals surface area (Å²) in [5, 5.41) is 10.1. The minimum absolute atomic E-state index is 0.307. The minimum Gasteiger partial charge on any atom is -0.480 e. The quantitative estimate of drug-likeness (QED) is 0.689. The molecule has 112 valence electrons. The van der Waals surface area contributed by atoms with Crippen LogP contribution in [0.25, 0.3) is 22.0 Å². The number of nitrogens with two attached hydrogens (primary N) is 1. The number of pyridine rings is 1. The summed E-state index contributed by atoms with van der Waals surface area (Å²) in [5.41, 5.74) is 10.7. The fraction of sp³-hybridized carbons (Fsp3) is 0.176. The fourth-order valence-corrected chi connectivity index (χ4v) is 2.68.